The molecule has 1 aromatic heterocycles. The van der Waals surface area contributed by atoms with Gasteiger partial charge in [-0.3, -0.25) is 0 Å². The van der Waals surface area contributed by atoms with Crippen LogP contribution in [0.15, 0.2) is 17.5 Å². The number of carbonyl (C=O) groups is 1. The molecule has 2 aromatic rings. The maximum absolute atomic E-state index is 10.9. The monoisotopic (exact) mass is 303 g/mol. The minimum absolute atomic E-state index is 0.131. The van der Waals surface area contributed by atoms with Crippen molar-refractivity contribution in [3.05, 3.63) is 50.5 Å². The molecule has 112 valence electrons. The van der Waals surface area contributed by atoms with Crippen LogP contribution in [0.5, 0.6) is 0 Å². The Labute approximate surface area is 129 Å². The van der Waals surface area contributed by atoms with Crippen LogP contribution in [-0.4, -0.2) is 16.1 Å². The lowest BCUT2D eigenvalue weighted by Gasteiger charge is -2.22. The molecule has 0 radical (unpaired) electrons. The van der Waals surface area contributed by atoms with Crippen LogP contribution in [0.2, 0.25) is 0 Å². The highest BCUT2D eigenvalue weighted by Gasteiger charge is 2.17. The summed E-state index contributed by atoms with van der Waals surface area (Å²) in [5.74, 6) is -0.964. The number of benzene rings is 1. The molecule has 0 fully saturated rings. The van der Waals surface area contributed by atoms with Crippen LogP contribution >= 0.6 is 11.3 Å². The Morgan fingerprint density at radius 3 is 2.24 bits per heavy atom. The van der Waals surface area contributed by atoms with Crippen LogP contribution in [0.25, 0.3) is 0 Å². The van der Waals surface area contributed by atoms with Crippen molar-refractivity contribution in [1.29, 1.82) is 0 Å². The van der Waals surface area contributed by atoms with E-state index in [9.17, 15) is 4.79 Å². The second kappa shape index (κ2) is 5.60. The molecule has 0 saturated heterocycles. The summed E-state index contributed by atoms with van der Waals surface area (Å²) in [4.78, 5) is 15.1. The van der Waals surface area contributed by atoms with E-state index in [0.717, 1.165) is 5.01 Å². The molecular weight excluding hydrogens is 282 g/mol. The maximum atomic E-state index is 10.9. The molecule has 0 bridgehead atoms. The van der Waals surface area contributed by atoms with Crippen LogP contribution in [0.4, 0.5) is 0 Å². The Hall–Kier alpha value is -1.68. The summed E-state index contributed by atoms with van der Waals surface area (Å²) in [6.45, 7) is 10.9. The molecule has 0 amide bonds. The molecular formula is C17H21NO2S. The summed E-state index contributed by atoms with van der Waals surface area (Å²) in [5, 5.41) is 11.4. The van der Waals surface area contributed by atoms with Gasteiger partial charge in [0.25, 0.3) is 0 Å². The molecule has 1 N–H and O–H groups in total. The lowest BCUT2D eigenvalue weighted by atomic mass is 9.83. The van der Waals surface area contributed by atoms with Crippen molar-refractivity contribution in [3.8, 4) is 0 Å². The number of aromatic nitrogens is 1. The molecule has 3 nitrogen and oxygen atoms in total. The fraction of sp³-hybridized carbons (Fsp3) is 0.412. The Balaban J connectivity index is 2.34. The van der Waals surface area contributed by atoms with Gasteiger partial charge >= 0.3 is 5.97 Å². The zero-order valence-electron chi connectivity index (χ0n) is 13.2. The molecule has 0 aliphatic carbocycles. The van der Waals surface area contributed by atoms with E-state index in [4.69, 9.17) is 5.11 Å². The SMILES string of the molecule is Cc1cc(C(C)(C)C)cc(C)c1Cc1nc(C(=O)O)cs1. The first-order valence-electron chi connectivity index (χ1n) is 6.97. The van der Waals surface area contributed by atoms with Crippen molar-refractivity contribution in [1.82, 2.24) is 4.98 Å². The Morgan fingerprint density at radius 1 is 1.24 bits per heavy atom. The highest BCUT2D eigenvalue weighted by molar-refractivity contribution is 7.09. The van der Waals surface area contributed by atoms with Crippen LogP contribution in [0.3, 0.4) is 0 Å². The van der Waals surface area contributed by atoms with Crippen molar-refractivity contribution in [3.63, 3.8) is 0 Å². The largest absolute Gasteiger partial charge is 0.476 e. The zero-order valence-corrected chi connectivity index (χ0v) is 14.0. The van der Waals surface area contributed by atoms with E-state index in [-0.39, 0.29) is 11.1 Å². The summed E-state index contributed by atoms with van der Waals surface area (Å²) < 4.78 is 0. The zero-order chi connectivity index (χ0) is 15.8. The number of rotatable bonds is 3. The summed E-state index contributed by atoms with van der Waals surface area (Å²) in [5.41, 5.74) is 5.32. The van der Waals surface area contributed by atoms with E-state index in [0.29, 0.717) is 6.42 Å². The van der Waals surface area contributed by atoms with E-state index in [2.05, 4.69) is 51.7 Å². The molecule has 0 atom stereocenters. The number of carboxylic acids is 1. The Kier molecular flexibility index (Phi) is 4.19. The van der Waals surface area contributed by atoms with E-state index < -0.39 is 5.97 Å². The van der Waals surface area contributed by atoms with Crippen molar-refractivity contribution in [2.24, 2.45) is 0 Å². The number of aromatic carboxylic acids is 1. The van der Waals surface area contributed by atoms with E-state index in [1.54, 1.807) is 5.38 Å². The number of hydrogen-bond donors (Lipinski definition) is 1. The highest BCUT2D eigenvalue weighted by atomic mass is 32.1. The maximum Gasteiger partial charge on any atom is 0.355 e. The predicted molar refractivity (Wildman–Crippen MR) is 86.5 cm³/mol. The van der Waals surface area contributed by atoms with Gasteiger partial charge in [-0.25, -0.2) is 9.78 Å². The molecule has 1 aromatic carbocycles. The summed E-state index contributed by atoms with van der Waals surface area (Å²) in [6.07, 6.45) is 0.694. The van der Waals surface area contributed by atoms with Crippen molar-refractivity contribution >= 4 is 17.3 Å². The van der Waals surface area contributed by atoms with Gasteiger partial charge in [-0.15, -0.1) is 11.3 Å². The first-order chi connectivity index (χ1) is 9.68. The summed E-state index contributed by atoms with van der Waals surface area (Å²) in [7, 11) is 0. The Morgan fingerprint density at radius 2 is 1.81 bits per heavy atom. The first-order valence-corrected chi connectivity index (χ1v) is 7.84. The van der Waals surface area contributed by atoms with E-state index in [1.807, 2.05) is 0 Å². The first kappa shape index (κ1) is 15.7. The third kappa shape index (κ3) is 3.50. The van der Waals surface area contributed by atoms with Gasteiger partial charge in [-0.2, -0.15) is 0 Å². The van der Waals surface area contributed by atoms with Crippen molar-refractivity contribution < 1.29 is 9.90 Å². The van der Waals surface area contributed by atoms with Crippen LogP contribution in [-0.2, 0) is 11.8 Å². The molecule has 0 saturated carbocycles. The summed E-state index contributed by atoms with van der Waals surface area (Å²) in [6, 6.07) is 4.46. The number of thiazole rings is 1. The minimum Gasteiger partial charge on any atom is -0.476 e. The number of aryl methyl sites for hydroxylation is 2. The topological polar surface area (TPSA) is 50.2 Å². The van der Waals surface area contributed by atoms with Gasteiger partial charge in [-0.1, -0.05) is 32.9 Å². The second-order valence-corrected chi connectivity index (χ2v) is 7.39. The molecule has 4 heteroatoms. The van der Waals surface area contributed by atoms with Crippen LogP contribution < -0.4 is 0 Å². The molecule has 21 heavy (non-hydrogen) atoms. The van der Waals surface area contributed by atoms with Gasteiger partial charge in [0.2, 0.25) is 0 Å². The van der Waals surface area contributed by atoms with Gasteiger partial charge in [0.15, 0.2) is 5.69 Å². The quantitative estimate of drug-likeness (QED) is 0.917. The molecule has 1 heterocycles. The standard InChI is InChI=1S/C17H21NO2S/c1-10-6-12(17(3,4)5)7-11(2)13(10)8-15-18-14(9-21-15)16(19)20/h6-7,9H,8H2,1-5H3,(H,19,20). The lowest BCUT2D eigenvalue weighted by Crippen LogP contribution is -2.12. The molecule has 0 spiro atoms. The fourth-order valence-electron chi connectivity index (χ4n) is 2.35. The number of hydrogen-bond acceptors (Lipinski definition) is 3. The van der Waals surface area contributed by atoms with Gasteiger partial charge in [0, 0.05) is 11.8 Å². The van der Waals surface area contributed by atoms with Crippen LogP contribution in [0.1, 0.15) is 58.5 Å². The normalized spacial score (nSPS) is 11.7. The molecule has 0 aliphatic rings. The average Bonchev–Trinajstić information content (AvgIpc) is 2.81. The fourth-order valence-corrected chi connectivity index (χ4v) is 3.13. The summed E-state index contributed by atoms with van der Waals surface area (Å²) >= 11 is 1.41. The third-order valence-electron chi connectivity index (χ3n) is 3.66. The molecule has 2 rings (SSSR count). The number of carboxylic acid groups (broad SMARTS) is 1. The number of nitrogens with zero attached hydrogens (tertiary/aromatic N) is 1. The van der Waals surface area contributed by atoms with Crippen LogP contribution in [0, 0.1) is 13.8 Å². The van der Waals surface area contributed by atoms with E-state index >= 15 is 0 Å². The van der Waals surface area contributed by atoms with Crippen molar-refractivity contribution in [2.75, 3.05) is 0 Å². The second-order valence-electron chi connectivity index (χ2n) is 6.45. The average molecular weight is 303 g/mol. The van der Waals surface area contributed by atoms with Crippen molar-refractivity contribution in [2.45, 2.75) is 46.5 Å². The Bertz CT molecular complexity index is 657. The van der Waals surface area contributed by atoms with Gasteiger partial charge < -0.3 is 5.11 Å². The lowest BCUT2D eigenvalue weighted by molar-refractivity contribution is 0.0691. The van der Waals surface area contributed by atoms with Gasteiger partial charge in [0.1, 0.15) is 0 Å². The van der Waals surface area contributed by atoms with E-state index in [1.165, 1.54) is 33.6 Å². The third-order valence-corrected chi connectivity index (χ3v) is 4.51. The van der Waals surface area contributed by atoms with Gasteiger partial charge in [0.05, 0.1) is 5.01 Å². The molecule has 0 aliphatic heterocycles. The smallest absolute Gasteiger partial charge is 0.355 e. The minimum atomic E-state index is -0.964. The molecule has 0 unspecified atom stereocenters. The predicted octanol–water partition coefficient (Wildman–Crippen LogP) is 4.35. The van der Waals surface area contributed by atoms with Gasteiger partial charge in [-0.05, 0) is 41.5 Å². The highest BCUT2D eigenvalue weighted by Crippen LogP contribution is 2.28.